The zero-order valence-electron chi connectivity index (χ0n) is 16.8. The van der Waals surface area contributed by atoms with Crippen LogP contribution in [0.15, 0.2) is 42.7 Å². The highest BCUT2D eigenvalue weighted by atomic mass is 35.5. The molecule has 8 heteroatoms. The quantitative estimate of drug-likeness (QED) is 0.677. The van der Waals surface area contributed by atoms with Gasteiger partial charge in [0.15, 0.2) is 11.5 Å². The molecule has 1 N–H and O–H groups in total. The molecule has 1 aliphatic rings. The Bertz CT molecular complexity index is 762. The summed E-state index contributed by atoms with van der Waals surface area (Å²) in [6.45, 7) is 5.36. The Morgan fingerprint density at radius 2 is 2.07 bits per heavy atom. The fraction of sp³-hybridized carbons (Fsp3) is 0.429. The SMILES string of the molecule is CCOc1cc(C(=O)N2CCC(CNC)C2)ccc1OCc1cccnc1.Cl.Cl. The van der Waals surface area contributed by atoms with Gasteiger partial charge in [0.05, 0.1) is 6.61 Å². The van der Waals surface area contributed by atoms with Crippen LogP contribution in [0.4, 0.5) is 0 Å². The summed E-state index contributed by atoms with van der Waals surface area (Å²) in [5.41, 5.74) is 1.62. The van der Waals surface area contributed by atoms with Crippen molar-refractivity contribution in [2.24, 2.45) is 5.92 Å². The predicted molar refractivity (Wildman–Crippen MR) is 119 cm³/mol. The van der Waals surface area contributed by atoms with E-state index in [0.29, 0.717) is 36.2 Å². The average molecular weight is 442 g/mol. The molecule has 1 aliphatic heterocycles. The van der Waals surface area contributed by atoms with E-state index in [-0.39, 0.29) is 30.7 Å². The molecule has 0 radical (unpaired) electrons. The molecule has 1 saturated heterocycles. The summed E-state index contributed by atoms with van der Waals surface area (Å²) in [7, 11) is 1.95. The van der Waals surface area contributed by atoms with E-state index >= 15 is 0 Å². The number of hydrogen-bond acceptors (Lipinski definition) is 5. The summed E-state index contributed by atoms with van der Waals surface area (Å²) >= 11 is 0. The first-order valence-electron chi connectivity index (χ1n) is 9.43. The van der Waals surface area contributed by atoms with Crippen LogP contribution in [-0.4, -0.2) is 49.1 Å². The predicted octanol–water partition coefficient (Wildman–Crippen LogP) is 3.58. The number of ether oxygens (including phenoxy) is 2. The van der Waals surface area contributed by atoms with E-state index in [9.17, 15) is 4.79 Å². The Morgan fingerprint density at radius 3 is 2.76 bits per heavy atom. The van der Waals surface area contributed by atoms with Crippen LogP contribution in [0.3, 0.4) is 0 Å². The second-order valence-corrected chi connectivity index (χ2v) is 6.71. The van der Waals surface area contributed by atoms with Gasteiger partial charge in [-0.05, 0) is 57.1 Å². The Hall–Kier alpha value is -2.02. The maximum absolute atomic E-state index is 12.8. The van der Waals surface area contributed by atoms with Crippen molar-refractivity contribution in [3.63, 3.8) is 0 Å². The number of likely N-dealkylation sites (tertiary alicyclic amines) is 1. The molecule has 0 aliphatic carbocycles. The van der Waals surface area contributed by atoms with Crippen LogP contribution < -0.4 is 14.8 Å². The molecule has 2 heterocycles. The van der Waals surface area contributed by atoms with Gasteiger partial charge in [0, 0.05) is 36.6 Å². The molecule has 160 valence electrons. The molecule has 6 nitrogen and oxygen atoms in total. The minimum Gasteiger partial charge on any atom is -0.490 e. The van der Waals surface area contributed by atoms with E-state index in [1.54, 1.807) is 18.5 Å². The molecule has 0 bridgehead atoms. The third-order valence-corrected chi connectivity index (χ3v) is 4.67. The zero-order valence-corrected chi connectivity index (χ0v) is 18.4. The molecular weight excluding hydrogens is 413 g/mol. The third-order valence-electron chi connectivity index (χ3n) is 4.67. The van der Waals surface area contributed by atoms with Crippen molar-refractivity contribution in [2.75, 3.05) is 33.3 Å². The first kappa shape index (κ1) is 25.0. The molecule has 0 saturated carbocycles. The number of rotatable bonds is 8. The number of aromatic nitrogens is 1. The first-order valence-corrected chi connectivity index (χ1v) is 9.43. The minimum atomic E-state index is 0. The van der Waals surface area contributed by atoms with Gasteiger partial charge in [0.25, 0.3) is 5.91 Å². The molecule has 1 fully saturated rings. The van der Waals surface area contributed by atoms with Gasteiger partial charge < -0.3 is 19.7 Å². The van der Waals surface area contributed by atoms with Crippen LogP contribution in [0.5, 0.6) is 11.5 Å². The summed E-state index contributed by atoms with van der Waals surface area (Å²) in [5.74, 6) is 1.80. The smallest absolute Gasteiger partial charge is 0.254 e. The standard InChI is InChI=1S/C21H27N3O3.2ClH/c1-3-26-20-11-18(21(25)24-10-8-16(14-24)12-22-2)6-7-19(20)27-15-17-5-4-9-23-13-17;;/h4-7,9,11,13,16,22H,3,8,10,12,14-15H2,1-2H3;2*1H. The maximum atomic E-state index is 12.8. The van der Waals surface area contributed by atoms with Crippen molar-refractivity contribution in [3.05, 3.63) is 53.9 Å². The second-order valence-electron chi connectivity index (χ2n) is 6.71. The fourth-order valence-corrected chi connectivity index (χ4v) is 3.33. The lowest BCUT2D eigenvalue weighted by atomic mass is 10.1. The Labute approximate surface area is 184 Å². The maximum Gasteiger partial charge on any atom is 0.254 e. The molecular formula is C21H29Cl2N3O3. The van der Waals surface area contributed by atoms with E-state index in [1.165, 1.54) is 0 Å². The van der Waals surface area contributed by atoms with Crippen molar-refractivity contribution < 1.29 is 14.3 Å². The molecule has 1 unspecified atom stereocenters. The van der Waals surface area contributed by atoms with Gasteiger partial charge in [-0.15, -0.1) is 24.8 Å². The molecule has 0 spiro atoms. The average Bonchev–Trinajstić information content (AvgIpc) is 3.16. The van der Waals surface area contributed by atoms with Gasteiger partial charge in [0.1, 0.15) is 6.61 Å². The molecule has 1 aromatic carbocycles. The molecule has 1 aromatic heterocycles. The van der Waals surface area contributed by atoms with Gasteiger partial charge in [-0.1, -0.05) is 6.07 Å². The number of benzene rings is 1. The van der Waals surface area contributed by atoms with Crippen LogP contribution in [0.1, 0.15) is 29.3 Å². The largest absolute Gasteiger partial charge is 0.490 e. The number of pyridine rings is 1. The van der Waals surface area contributed by atoms with Crippen molar-refractivity contribution in [2.45, 2.75) is 20.0 Å². The first-order chi connectivity index (χ1) is 13.2. The number of amides is 1. The highest BCUT2D eigenvalue weighted by Crippen LogP contribution is 2.30. The summed E-state index contributed by atoms with van der Waals surface area (Å²) in [5, 5.41) is 3.19. The lowest BCUT2D eigenvalue weighted by molar-refractivity contribution is 0.0786. The van der Waals surface area contributed by atoms with Crippen LogP contribution in [-0.2, 0) is 6.61 Å². The van der Waals surface area contributed by atoms with E-state index in [2.05, 4.69) is 10.3 Å². The minimum absolute atomic E-state index is 0. The number of nitrogens with zero attached hydrogens (tertiary/aromatic N) is 2. The van der Waals surface area contributed by atoms with Crippen molar-refractivity contribution in [3.8, 4) is 11.5 Å². The zero-order chi connectivity index (χ0) is 19.1. The lowest BCUT2D eigenvalue weighted by Gasteiger charge is -2.18. The molecule has 1 atom stereocenters. The fourth-order valence-electron chi connectivity index (χ4n) is 3.33. The number of carbonyl (C=O) groups is 1. The third kappa shape index (κ3) is 6.77. The van der Waals surface area contributed by atoms with Crippen LogP contribution >= 0.6 is 24.8 Å². The van der Waals surface area contributed by atoms with Gasteiger partial charge in [-0.2, -0.15) is 0 Å². The van der Waals surface area contributed by atoms with E-state index < -0.39 is 0 Å². The van der Waals surface area contributed by atoms with Gasteiger partial charge in [-0.3, -0.25) is 9.78 Å². The Kier molecular flexibility index (Phi) is 10.8. The second kappa shape index (κ2) is 12.5. The summed E-state index contributed by atoms with van der Waals surface area (Å²) in [6.07, 6.45) is 4.54. The summed E-state index contributed by atoms with van der Waals surface area (Å²) in [6, 6.07) is 9.25. The van der Waals surface area contributed by atoms with Crippen LogP contribution in [0.2, 0.25) is 0 Å². The molecule has 3 rings (SSSR count). The van der Waals surface area contributed by atoms with Crippen LogP contribution in [0, 0.1) is 5.92 Å². The van der Waals surface area contributed by atoms with Gasteiger partial charge in [-0.25, -0.2) is 0 Å². The summed E-state index contributed by atoms with van der Waals surface area (Å²) in [4.78, 5) is 18.9. The Morgan fingerprint density at radius 1 is 1.24 bits per heavy atom. The number of halogens is 2. The van der Waals surface area contributed by atoms with E-state index in [1.807, 2.05) is 43.1 Å². The highest BCUT2D eigenvalue weighted by molar-refractivity contribution is 5.95. The van der Waals surface area contributed by atoms with Crippen molar-refractivity contribution in [1.29, 1.82) is 0 Å². The molecule has 1 amide bonds. The Balaban J connectivity index is 0.00000210. The molecule has 2 aromatic rings. The number of carbonyl (C=O) groups excluding carboxylic acids is 1. The molecule has 29 heavy (non-hydrogen) atoms. The monoisotopic (exact) mass is 441 g/mol. The van der Waals surface area contributed by atoms with Gasteiger partial charge >= 0.3 is 0 Å². The van der Waals surface area contributed by atoms with Gasteiger partial charge in [0.2, 0.25) is 0 Å². The van der Waals surface area contributed by atoms with Crippen LogP contribution in [0.25, 0.3) is 0 Å². The lowest BCUT2D eigenvalue weighted by Crippen LogP contribution is -2.30. The van der Waals surface area contributed by atoms with E-state index in [4.69, 9.17) is 9.47 Å². The number of nitrogens with one attached hydrogen (secondary N) is 1. The van der Waals surface area contributed by atoms with Crippen molar-refractivity contribution >= 4 is 30.7 Å². The number of hydrogen-bond donors (Lipinski definition) is 1. The van der Waals surface area contributed by atoms with Crippen molar-refractivity contribution in [1.82, 2.24) is 15.2 Å². The highest BCUT2D eigenvalue weighted by Gasteiger charge is 2.27. The topological polar surface area (TPSA) is 63.7 Å². The summed E-state index contributed by atoms with van der Waals surface area (Å²) < 4.78 is 11.6. The van der Waals surface area contributed by atoms with E-state index in [0.717, 1.165) is 31.6 Å². The normalized spacial score (nSPS) is 15.2.